The van der Waals surface area contributed by atoms with E-state index in [1.807, 2.05) is 13.8 Å². The monoisotopic (exact) mass is 236 g/mol. The van der Waals surface area contributed by atoms with Crippen LogP contribution in [0.25, 0.3) is 0 Å². The number of aliphatic hydroxyl groups is 1. The Balaban J connectivity index is 2.23. The highest BCUT2D eigenvalue weighted by atomic mass is 16.5. The topological polar surface area (TPSA) is 77.0 Å². The summed E-state index contributed by atoms with van der Waals surface area (Å²) in [7, 11) is 0. The molecule has 1 N–H and O–H groups in total. The molecule has 0 aliphatic heterocycles. The van der Waals surface area contributed by atoms with Crippen molar-refractivity contribution in [1.29, 1.82) is 0 Å². The van der Waals surface area contributed by atoms with Gasteiger partial charge in [-0.15, -0.1) is 5.10 Å². The van der Waals surface area contributed by atoms with Crippen molar-refractivity contribution in [3.63, 3.8) is 0 Å². The van der Waals surface area contributed by atoms with Crippen LogP contribution in [-0.2, 0) is 12.1 Å². The molecule has 0 fully saturated rings. The number of hydrogen-bond acceptors (Lipinski definition) is 5. The number of nitrogens with zero attached hydrogens (tertiary/aromatic N) is 4. The maximum Gasteiger partial charge on any atom is 0.138 e. The Morgan fingerprint density at radius 2 is 2.12 bits per heavy atom. The molecule has 6 heteroatoms. The summed E-state index contributed by atoms with van der Waals surface area (Å²) in [5, 5.41) is 21.6. The standard InChI is InChI=1S/C11H16N4O2/c1-7-9(8(2)17-13-7)5-15-6-10(12-14-15)11(3,4)16/h6,16H,5H2,1-4H3. The lowest BCUT2D eigenvalue weighted by Crippen LogP contribution is -2.15. The van der Waals surface area contributed by atoms with Crippen molar-refractivity contribution in [1.82, 2.24) is 20.2 Å². The summed E-state index contributed by atoms with van der Waals surface area (Å²) in [6, 6.07) is 0. The molecule has 0 aromatic carbocycles. The smallest absolute Gasteiger partial charge is 0.138 e. The van der Waals surface area contributed by atoms with Gasteiger partial charge < -0.3 is 9.63 Å². The van der Waals surface area contributed by atoms with Crippen molar-refractivity contribution < 1.29 is 9.63 Å². The third kappa shape index (κ3) is 2.36. The van der Waals surface area contributed by atoms with E-state index in [1.54, 1.807) is 24.7 Å². The van der Waals surface area contributed by atoms with Crippen molar-refractivity contribution in [2.75, 3.05) is 0 Å². The molecule has 2 heterocycles. The molecular formula is C11H16N4O2. The van der Waals surface area contributed by atoms with Crippen LogP contribution in [0.4, 0.5) is 0 Å². The number of aryl methyl sites for hydroxylation is 2. The minimum Gasteiger partial charge on any atom is -0.384 e. The second-order valence-electron chi connectivity index (χ2n) is 4.66. The van der Waals surface area contributed by atoms with Crippen LogP contribution in [0.5, 0.6) is 0 Å². The predicted molar refractivity (Wildman–Crippen MR) is 60.3 cm³/mol. The van der Waals surface area contributed by atoms with Gasteiger partial charge in [0.25, 0.3) is 0 Å². The number of hydrogen-bond donors (Lipinski definition) is 1. The van der Waals surface area contributed by atoms with Crippen LogP contribution < -0.4 is 0 Å². The van der Waals surface area contributed by atoms with Gasteiger partial charge in [0.15, 0.2) is 0 Å². The Kier molecular flexibility index (Phi) is 2.74. The Bertz CT molecular complexity index is 502. The Morgan fingerprint density at radius 1 is 1.41 bits per heavy atom. The molecule has 17 heavy (non-hydrogen) atoms. The zero-order valence-corrected chi connectivity index (χ0v) is 10.4. The SMILES string of the molecule is Cc1noc(C)c1Cn1cc(C(C)(C)O)nn1. The molecule has 0 aliphatic rings. The molecule has 0 saturated carbocycles. The lowest BCUT2D eigenvalue weighted by molar-refractivity contribution is 0.0737. The Hall–Kier alpha value is -1.69. The minimum absolute atomic E-state index is 0.546. The molecule has 0 unspecified atom stereocenters. The second-order valence-corrected chi connectivity index (χ2v) is 4.66. The summed E-state index contributed by atoms with van der Waals surface area (Å²) in [6.07, 6.45) is 1.73. The fraction of sp³-hybridized carbons (Fsp3) is 0.545. The highest BCUT2D eigenvalue weighted by Crippen LogP contribution is 2.17. The summed E-state index contributed by atoms with van der Waals surface area (Å²) in [5.41, 5.74) is 1.42. The molecule has 0 atom stereocenters. The molecular weight excluding hydrogens is 220 g/mol. The average Bonchev–Trinajstić information content (AvgIpc) is 2.79. The van der Waals surface area contributed by atoms with Crippen molar-refractivity contribution in [2.24, 2.45) is 0 Å². The third-order valence-corrected chi connectivity index (χ3v) is 2.67. The van der Waals surface area contributed by atoms with Gasteiger partial charge in [-0.25, -0.2) is 4.68 Å². The summed E-state index contributed by atoms with van der Waals surface area (Å²) in [5.74, 6) is 0.780. The van der Waals surface area contributed by atoms with Crippen molar-refractivity contribution in [2.45, 2.75) is 39.8 Å². The lowest BCUT2D eigenvalue weighted by Gasteiger charge is -2.11. The maximum absolute atomic E-state index is 9.79. The first-order valence-electron chi connectivity index (χ1n) is 5.42. The maximum atomic E-state index is 9.79. The average molecular weight is 236 g/mol. The van der Waals surface area contributed by atoms with Crippen LogP contribution in [0, 0.1) is 13.8 Å². The first kappa shape index (κ1) is 11.8. The molecule has 0 bridgehead atoms. The lowest BCUT2D eigenvalue weighted by atomic mass is 10.1. The molecule has 2 aromatic heterocycles. The molecule has 0 radical (unpaired) electrons. The number of aromatic nitrogens is 4. The summed E-state index contributed by atoms with van der Waals surface area (Å²) in [6.45, 7) is 7.65. The quantitative estimate of drug-likeness (QED) is 0.865. The van der Waals surface area contributed by atoms with Gasteiger partial charge >= 0.3 is 0 Å². The summed E-state index contributed by atoms with van der Waals surface area (Å²) >= 11 is 0. The van der Waals surface area contributed by atoms with E-state index in [-0.39, 0.29) is 0 Å². The van der Waals surface area contributed by atoms with Gasteiger partial charge in [-0.3, -0.25) is 0 Å². The van der Waals surface area contributed by atoms with Crippen LogP contribution in [0.1, 0.15) is 36.6 Å². The zero-order valence-electron chi connectivity index (χ0n) is 10.4. The van der Waals surface area contributed by atoms with Crippen molar-refractivity contribution in [3.8, 4) is 0 Å². The summed E-state index contributed by atoms with van der Waals surface area (Å²) in [4.78, 5) is 0. The van der Waals surface area contributed by atoms with E-state index in [0.717, 1.165) is 17.0 Å². The van der Waals surface area contributed by atoms with Crippen LogP contribution in [0.3, 0.4) is 0 Å². The largest absolute Gasteiger partial charge is 0.384 e. The molecule has 2 rings (SSSR count). The van der Waals surface area contributed by atoms with Crippen LogP contribution in [0.2, 0.25) is 0 Å². The van der Waals surface area contributed by atoms with E-state index in [0.29, 0.717) is 12.2 Å². The normalized spacial score (nSPS) is 12.1. The molecule has 0 aliphatic carbocycles. The van der Waals surface area contributed by atoms with E-state index in [9.17, 15) is 5.11 Å². The van der Waals surface area contributed by atoms with Gasteiger partial charge in [-0.1, -0.05) is 10.4 Å². The van der Waals surface area contributed by atoms with E-state index in [1.165, 1.54) is 0 Å². The predicted octanol–water partition coefficient (Wildman–Crippen LogP) is 1.16. The fourth-order valence-electron chi connectivity index (χ4n) is 1.55. The van der Waals surface area contributed by atoms with E-state index in [2.05, 4.69) is 15.5 Å². The first-order chi connectivity index (χ1) is 7.88. The Morgan fingerprint density at radius 3 is 2.59 bits per heavy atom. The fourth-order valence-corrected chi connectivity index (χ4v) is 1.55. The van der Waals surface area contributed by atoms with Gasteiger partial charge in [0, 0.05) is 5.56 Å². The third-order valence-electron chi connectivity index (χ3n) is 2.67. The minimum atomic E-state index is -0.975. The van der Waals surface area contributed by atoms with Crippen molar-refractivity contribution >= 4 is 0 Å². The van der Waals surface area contributed by atoms with E-state index >= 15 is 0 Å². The molecule has 92 valence electrons. The molecule has 0 spiro atoms. The summed E-state index contributed by atoms with van der Waals surface area (Å²) < 4.78 is 6.75. The Labute approximate surface area is 99.2 Å². The van der Waals surface area contributed by atoms with Crippen LogP contribution in [-0.4, -0.2) is 25.3 Å². The highest BCUT2D eigenvalue weighted by Gasteiger charge is 2.20. The second kappa shape index (κ2) is 3.96. The zero-order chi connectivity index (χ0) is 12.6. The molecule has 0 saturated heterocycles. The molecule has 2 aromatic rings. The van der Waals surface area contributed by atoms with E-state index in [4.69, 9.17) is 4.52 Å². The molecule has 0 amide bonds. The molecule has 6 nitrogen and oxygen atoms in total. The van der Waals surface area contributed by atoms with Crippen molar-refractivity contribution in [3.05, 3.63) is 28.9 Å². The van der Waals surface area contributed by atoms with Gasteiger partial charge in [0.2, 0.25) is 0 Å². The number of rotatable bonds is 3. The van der Waals surface area contributed by atoms with Gasteiger partial charge in [0.05, 0.1) is 18.4 Å². The van der Waals surface area contributed by atoms with Crippen LogP contribution in [0.15, 0.2) is 10.7 Å². The van der Waals surface area contributed by atoms with Gasteiger partial charge in [-0.2, -0.15) is 0 Å². The first-order valence-corrected chi connectivity index (χ1v) is 5.42. The van der Waals surface area contributed by atoms with Gasteiger partial charge in [0.1, 0.15) is 17.1 Å². The highest BCUT2D eigenvalue weighted by molar-refractivity contribution is 5.21. The van der Waals surface area contributed by atoms with E-state index < -0.39 is 5.60 Å². The van der Waals surface area contributed by atoms with Gasteiger partial charge in [-0.05, 0) is 27.7 Å². The van der Waals surface area contributed by atoms with Crippen LogP contribution >= 0.6 is 0 Å².